The molecule has 0 N–H and O–H groups in total. The molecule has 5 rings (SSSR count). The van der Waals surface area contributed by atoms with Gasteiger partial charge in [-0.25, -0.2) is 9.78 Å². The number of pyridine rings is 1. The minimum Gasteiger partial charge on any atom is -0.423 e. The molecule has 1 aromatic carbocycles. The van der Waals surface area contributed by atoms with Crippen molar-refractivity contribution in [2.75, 3.05) is 0 Å². The highest BCUT2D eigenvalue weighted by Gasteiger charge is 2.19. The summed E-state index contributed by atoms with van der Waals surface area (Å²) in [5, 5.41) is 5.01. The maximum Gasteiger partial charge on any atom is 0.343 e. The molecular weight excluding hydrogens is 412 g/mol. The van der Waals surface area contributed by atoms with Gasteiger partial charge >= 0.3 is 5.97 Å². The molecule has 1 aliphatic carbocycles. The van der Waals surface area contributed by atoms with Gasteiger partial charge in [0, 0.05) is 17.3 Å². The third-order valence-corrected chi connectivity index (χ3v) is 6.40. The van der Waals surface area contributed by atoms with E-state index in [0.717, 1.165) is 35.2 Å². The van der Waals surface area contributed by atoms with Crippen LogP contribution in [-0.4, -0.2) is 26.8 Å². The van der Waals surface area contributed by atoms with Crippen LogP contribution in [0, 0.1) is 0 Å². The lowest BCUT2D eigenvalue weighted by molar-refractivity contribution is 0.0734. The topological polar surface area (TPSA) is 86.4 Å². The number of benzene rings is 1. The molecule has 0 saturated heterocycles. The van der Waals surface area contributed by atoms with E-state index in [9.17, 15) is 9.59 Å². The maximum atomic E-state index is 12.9. The van der Waals surface area contributed by atoms with E-state index in [1.165, 1.54) is 34.7 Å². The molecule has 7 nitrogen and oxygen atoms in total. The smallest absolute Gasteiger partial charge is 0.343 e. The molecule has 0 radical (unpaired) electrons. The quantitative estimate of drug-likeness (QED) is 0.279. The summed E-state index contributed by atoms with van der Waals surface area (Å²) in [5.74, 6) is -0.0297. The van der Waals surface area contributed by atoms with Crippen molar-refractivity contribution in [3.05, 3.63) is 87.0 Å². The Hall–Kier alpha value is -3.65. The molecule has 3 aromatic heterocycles. The Balaban J connectivity index is 1.35. The fourth-order valence-corrected chi connectivity index (χ4v) is 4.84. The molecular formula is C23H18N4O3S. The summed E-state index contributed by atoms with van der Waals surface area (Å²) in [7, 11) is 0. The van der Waals surface area contributed by atoms with Crippen LogP contribution in [0.2, 0.25) is 0 Å². The predicted octanol–water partition coefficient (Wildman–Crippen LogP) is 3.83. The number of fused-ring (bicyclic) bond motifs is 3. The minimum atomic E-state index is -0.450. The van der Waals surface area contributed by atoms with Gasteiger partial charge in [-0.2, -0.15) is 9.78 Å². The second-order valence-corrected chi connectivity index (χ2v) is 8.31. The lowest BCUT2D eigenvalue weighted by Gasteiger charge is -2.09. The van der Waals surface area contributed by atoms with E-state index < -0.39 is 5.97 Å². The number of carbonyl (C=O) groups is 1. The molecule has 0 unspecified atom stereocenters. The third-order valence-electron chi connectivity index (χ3n) is 5.20. The number of ether oxygens (including phenoxy) is 1. The second kappa shape index (κ2) is 8.23. The van der Waals surface area contributed by atoms with E-state index in [0.29, 0.717) is 16.7 Å². The van der Waals surface area contributed by atoms with Crippen LogP contribution in [0.5, 0.6) is 5.75 Å². The monoisotopic (exact) mass is 430 g/mol. The van der Waals surface area contributed by atoms with E-state index >= 15 is 0 Å². The molecule has 0 bridgehead atoms. The lowest BCUT2D eigenvalue weighted by atomic mass is 9.97. The standard InChI is InChI=1S/C23H18N4O3S/c28-22-20-18-3-1-2-4-19(18)31-21(20)25-14-27(22)26-13-15-5-7-17(8-6-15)30-23(29)16-9-11-24-12-10-16/h5-14H,1-4H2. The number of carbonyl (C=O) groups excluding carboxylic acids is 1. The number of nitrogens with zero attached hydrogens (tertiary/aromatic N) is 4. The van der Waals surface area contributed by atoms with Crippen molar-refractivity contribution in [3.8, 4) is 5.75 Å². The Morgan fingerprint density at radius 2 is 1.87 bits per heavy atom. The van der Waals surface area contributed by atoms with Crippen molar-refractivity contribution in [1.29, 1.82) is 0 Å². The first kappa shape index (κ1) is 19.3. The number of thiophene rings is 1. The molecule has 1 aliphatic rings. The Morgan fingerprint density at radius 1 is 1.10 bits per heavy atom. The van der Waals surface area contributed by atoms with Crippen LogP contribution in [0.1, 0.15) is 39.2 Å². The van der Waals surface area contributed by atoms with E-state index in [4.69, 9.17) is 4.74 Å². The Bertz CT molecular complexity index is 1340. The molecule has 8 heteroatoms. The van der Waals surface area contributed by atoms with Crippen LogP contribution in [0.4, 0.5) is 0 Å². The highest BCUT2D eigenvalue weighted by atomic mass is 32.1. The summed E-state index contributed by atoms with van der Waals surface area (Å²) in [4.78, 5) is 35.5. The zero-order chi connectivity index (χ0) is 21.2. The van der Waals surface area contributed by atoms with Gasteiger partial charge in [0.2, 0.25) is 0 Å². The first-order valence-corrected chi connectivity index (χ1v) is 10.8. The Kier molecular flexibility index (Phi) is 5.13. The lowest BCUT2D eigenvalue weighted by Crippen LogP contribution is -2.18. The van der Waals surface area contributed by atoms with E-state index in [2.05, 4.69) is 15.1 Å². The summed E-state index contributed by atoms with van der Waals surface area (Å²) < 4.78 is 6.63. The maximum absolute atomic E-state index is 12.9. The number of rotatable bonds is 4. The summed E-state index contributed by atoms with van der Waals surface area (Å²) in [5.41, 5.74) is 2.21. The Labute approximate surface area is 181 Å². The highest BCUT2D eigenvalue weighted by Crippen LogP contribution is 2.33. The van der Waals surface area contributed by atoms with Crippen LogP contribution in [0.15, 0.2) is 65.0 Å². The largest absolute Gasteiger partial charge is 0.423 e. The second-order valence-electron chi connectivity index (χ2n) is 7.22. The SMILES string of the molecule is O=C(Oc1ccc(C=Nn2cnc3sc4c(c3c2=O)CCCC4)cc1)c1ccncc1. The van der Waals surface area contributed by atoms with Gasteiger partial charge in [0.15, 0.2) is 0 Å². The zero-order valence-electron chi connectivity index (χ0n) is 16.5. The van der Waals surface area contributed by atoms with Crippen molar-refractivity contribution < 1.29 is 9.53 Å². The highest BCUT2D eigenvalue weighted by molar-refractivity contribution is 7.18. The molecule has 0 saturated carbocycles. The van der Waals surface area contributed by atoms with Gasteiger partial charge in [-0.05, 0) is 73.2 Å². The molecule has 3 heterocycles. The summed E-state index contributed by atoms with van der Waals surface area (Å²) in [6.45, 7) is 0. The van der Waals surface area contributed by atoms with E-state index in [1.807, 2.05) is 0 Å². The molecule has 0 aliphatic heterocycles. The van der Waals surface area contributed by atoms with E-state index in [-0.39, 0.29) is 5.56 Å². The summed E-state index contributed by atoms with van der Waals surface area (Å²) in [6.07, 6.45) is 10.4. The fourth-order valence-electron chi connectivity index (χ4n) is 3.62. The third kappa shape index (κ3) is 3.89. The van der Waals surface area contributed by atoms with Crippen LogP contribution < -0.4 is 10.3 Å². The van der Waals surface area contributed by atoms with Crippen LogP contribution in [0.25, 0.3) is 10.2 Å². The molecule has 154 valence electrons. The van der Waals surface area contributed by atoms with Gasteiger partial charge in [-0.1, -0.05) is 0 Å². The van der Waals surface area contributed by atoms with Gasteiger partial charge in [0.25, 0.3) is 5.56 Å². The normalized spacial score (nSPS) is 13.4. The van der Waals surface area contributed by atoms with Crippen molar-refractivity contribution >= 4 is 33.7 Å². The number of aromatic nitrogens is 3. The molecule has 0 fully saturated rings. The van der Waals surface area contributed by atoms with Crippen LogP contribution >= 0.6 is 11.3 Å². The molecule has 0 atom stereocenters. The number of aryl methyl sites for hydroxylation is 2. The zero-order valence-corrected chi connectivity index (χ0v) is 17.3. The predicted molar refractivity (Wildman–Crippen MR) is 119 cm³/mol. The van der Waals surface area contributed by atoms with Crippen LogP contribution in [0.3, 0.4) is 0 Å². The van der Waals surface area contributed by atoms with Gasteiger partial charge < -0.3 is 4.74 Å². The van der Waals surface area contributed by atoms with Crippen molar-refractivity contribution in [2.24, 2.45) is 5.10 Å². The number of hydrogen-bond donors (Lipinski definition) is 0. The van der Waals surface area contributed by atoms with Crippen molar-refractivity contribution in [2.45, 2.75) is 25.7 Å². The number of hydrogen-bond acceptors (Lipinski definition) is 7. The fraction of sp³-hybridized carbons (Fsp3) is 0.174. The minimum absolute atomic E-state index is 0.136. The molecule has 0 spiro atoms. The molecule has 4 aromatic rings. The summed E-state index contributed by atoms with van der Waals surface area (Å²) >= 11 is 1.62. The Morgan fingerprint density at radius 3 is 2.68 bits per heavy atom. The van der Waals surface area contributed by atoms with E-state index in [1.54, 1.807) is 53.9 Å². The van der Waals surface area contributed by atoms with Gasteiger partial charge in [0.1, 0.15) is 16.9 Å². The first-order chi connectivity index (χ1) is 15.2. The summed E-state index contributed by atoms with van der Waals surface area (Å²) in [6, 6.07) is 10.1. The average Bonchev–Trinajstić information content (AvgIpc) is 3.19. The van der Waals surface area contributed by atoms with Gasteiger partial charge in [-0.15, -0.1) is 11.3 Å². The number of esters is 1. The molecule has 0 amide bonds. The van der Waals surface area contributed by atoms with Crippen molar-refractivity contribution in [1.82, 2.24) is 14.6 Å². The van der Waals surface area contributed by atoms with Crippen LogP contribution in [-0.2, 0) is 12.8 Å². The first-order valence-electron chi connectivity index (χ1n) is 9.97. The molecule has 31 heavy (non-hydrogen) atoms. The van der Waals surface area contributed by atoms with Crippen molar-refractivity contribution in [3.63, 3.8) is 0 Å². The van der Waals surface area contributed by atoms with Gasteiger partial charge in [0.05, 0.1) is 17.2 Å². The van der Waals surface area contributed by atoms with Gasteiger partial charge in [-0.3, -0.25) is 9.78 Å². The average molecular weight is 430 g/mol.